The Bertz CT molecular complexity index is 637. The third-order valence-corrected chi connectivity index (χ3v) is 5.03. The van der Waals surface area contributed by atoms with Crippen molar-refractivity contribution in [1.82, 2.24) is 0 Å². The molecule has 1 saturated heterocycles. The Labute approximate surface area is 149 Å². The maximum atomic E-state index is 9.68. The first-order chi connectivity index (χ1) is 12.2. The fraction of sp³-hybridized carbons (Fsp3) is 0.667. The zero-order chi connectivity index (χ0) is 17.6. The van der Waals surface area contributed by atoms with Gasteiger partial charge in [0.1, 0.15) is 18.2 Å². The van der Waals surface area contributed by atoms with Crippen LogP contribution in [-0.4, -0.2) is 51.1 Å². The van der Waals surface area contributed by atoms with Crippen LogP contribution in [0.3, 0.4) is 0 Å². The third kappa shape index (κ3) is 4.21. The lowest BCUT2D eigenvalue weighted by Crippen LogP contribution is -3.08. The fourth-order valence-electron chi connectivity index (χ4n) is 3.64. The zero-order valence-electron chi connectivity index (χ0n) is 15.0. The molecule has 5 N–H and O–H groups in total. The van der Waals surface area contributed by atoms with E-state index in [2.05, 4.69) is 28.7 Å². The van der Waals surface area contributed by atoms with Crippen LogP contribution in [0.1, 0.15) is 36.0 Å². The van der Waals surface area contributed by atoms with Gasteiger partial charge in [0.25, 0.3) is 0 Å². The molecule has 0 aromatic carbocycles. The van der Waals surface area contributed by atoms with Crippen molar-refractivity contribution in [1.29, 1.82) is 5.26 Å². The number of hydrogen-bond acceptors (Lipinski definition) is 5. The van der Waals surface area contributed by atoms with Gasteiger partial charge in [-0.05, 0) is 18.4 Å². The van der Waals surface area contributed by atoms with Crippen LogP contribution >= 0.6 is 0 Å². The monoisotopic (exact) mass is 347 g/mol. The molecule has 136 valence electrons. The predicted octanol–water partition coefficient (Wildman–Crippen LogP) is -0.672. The number of nitrogens with one attached hydrogen (secondary N) is 4. The number of quaternary nitrogens is 1. The van der Waals surface area contributed by atoms with Gasteiger partial charge in [-0.15, -0.1) is 0 Å². The molecule has 7 heteroatoms. The number of aliphatic hydroxyl groups excluding tert-OH is 1. The number of nitrogens with zero attached hydrogens (tertiary/aromatic N) is 1. The van der Waals surface area contributed by atoms with Crippen LogP contribution in [0.15, 0.2) is 0 Å². The average Bonchev–Trinajstić information content (AvgIpc) is 3.13. The summed E-state index contributed by atoms with van der Waals surface area (Å²) in [6.07, 6.45) is 4.04. The van der Waals surface area contributed by atoms with Crippen molar-refractivity contribution in [3.05, 3.63) is 16.7 Å². The van der Waals surface area contributed by atoms with Crippen molar-refractivity contribution in [2.24, 2.45) is 0 Å². The number of aromatic nitrogens is 1. The van der Waals surface area contributed by atoms with Crippen LogP contribution in [0.5, 0.6) is 0 Å². The molecule has 0 amide bonds. The predicted molar refractivity (Wildman–Crippen MR) is 94.5 cm³/mol. The second kappa shape index (κ2) is 8.48. The first kappa shape index (κ1) is 17.9. The van der Waals surface area contributed by atoms with Gasteiger partial charge in [0.15, 0.2) is 0 Å². The fourth-order valence-corrected chi connectivity index (χ4v) is 3.64. The summed E-state index contributed by atoms with van der Waals surface area (Å²) in [5, 5.41) is 25.5. The number of aromatic amines is 1. The van der Waals surface area contributed by atoms with Crippen LogP contribution in [0.25, 0.3) is 0 Å². The van der Waals surface area contributed by atoms with Gasteiger partial charge in [0.05, 0.1) is 38.3 Å². The first-order valence-electron chi connectivity index (χ1n) is 9.25. The van der Waals surface area contributed by atoms with E-state index in [9.17, 15) is 5.26 Å². The summed E-state index contributed by atoms with van der Waals surface area (Å²) in [6.45, 7) is 4.35. The molecule has 1 unspecified atom stereocenters. The molecule has 0 saturated carbocycles. The SMILES string of the molecule is C[NH+]1CCc2c(C#N)c(NCCCO)[nH+]c(NC[C@H]3CCCO3)c2C1. The van der Waals surface area contributed by atoms with E-state index in [1.165, 1.54) is 10.5 Å². The van der Waals surface area contributed by atoms with Gasteiger partial charge in [-0.3, -0.25) is 0 Å². The van der Waals surface area contributed by atoms with E-state index in [1.54, 1.807) is 0 Å². The highest BCUT2D eigenvalue weighted by Crippen LogP contribution is 2.26. The molecule has 0 spiro atoms. The standard InChI is InChI=1S/C18H27N5O2/c1-23-7-5-14-15(10-19)17(20-6-3-8-24)22-18(16(14)12-23)21-11-13-4-2-9-25-13/h13,24H,2-9,11-12H2,1H3,(H2,20,21,22)/p+2/t13-/m1/s1. The zero-order valence-corrected chi connectivity index (χ0v) is 15.0. The molecule has 3 heterocycles. The number of anilines is 2. The maximum absolute atomic E-state index is 9.68. The molecule has 0 bridgehead atoms. The molecule has 0 aliphatic carbocycles. The molecule has 2 atom stereocenters. The Balaban J connectivity index is 1.87. The van der Waals surface area contributed by atoms with Crippen LogP contribution in [0, 0.1) is 11.3 Å². The molecule has 1 fully saturated rings. The van der Waals surface area contributed by atoms with Gasteiger partial charge in [-0.25, -0.2) is 4.98 Å². The number of H-pyrrole nitrogens is 1. The van der Waals surface area contributed by atoms with Gasteiger partial charge in [0.2, 0.25) is 11.6 Å². The van der Waals surface area contributed by atoms with Crippen molar-refractivity contribution in [2.75, 3.05) is 50.5 Å². The minimum Gasteiger partial charge on any atom is -0.396 e. The summed E-state index contributed by atoms with van der Waals surface area (Å²) in [5.74, 6) is 1.75. The van der Waals surface area contributed by atoms with Crippen LogP contribution < -0.4 is 20.5 Å². The Morgan fingerprint density at radius 2 is 2.24 bits per heavy atom. The van der Waals surface area contributed by atoms with Gasteiger partial charge >= 0.3 is 0 Å². The number of hydrogen-bond donors (Lipinski definition) is 4. The molecule has 1 aromatic heterocycles. The Morgan fingerprint density at radius 3 is 2.96 bits per heavy atom. The second-order valence-electron chi connectivity index (χ2n) is 6.97. The largest absolute Gasteiger partial charge is 0.396 e. The lowest BCUT2D eigenvalue weighted by atomic mass is 9.96. The Hall–Kier alpha value is -1.88. The van der Waals surface area contributed by atoms with Crippen molar-refractivity contribution in [2.45, 2.75) is 38.3 Å². The highest BCUT2D eigenvalue weighted by Gasteiger charge is 2.29. The number of ether oxygens (including phenoxy) is 1. The molecule has 7 nitrogen and oxygen atoms in total. The van der Waals surface area contributed by atoms with Gasteiger partial charge in [-0.2, -0.15) is 5.26 Å². The molecule has 3 rings (SSSR count). The number of pyridine rings is 1. The van der Waals surface area contributed by atoms with E-state index in [0.717, 1.165) is 62.7 Å². The molecule has 1 aromatic rings. The summed E-state index contributed by atoms with van der Waals surface area (Å²) in [5.41, 5.74) is 3.07. The van der Waals surface area contributed by atoms with Gasteiger partial charge in [-0.1, -0.05) is 0 Å². The molecular formula is C18H29N5O2+2. The van der Waals surface area contributed by atoms with Gasteiger partial charge in [0, 0.05) is 26.1 Å². The van der Waals surface area contributed by atoms with E-state index in [-0.39, 0.29) is 12.7 Å². The quantitative estimate of drug-likeness (QED) is 0.491. The van der Waals surface area contributed by atoms with Crippen LogP contribution in [0.4, 0.5) is 11.6 Å². The lowest BCUT2D eigenvalue weighted by molar-refractivity contribution is -0.895. The summed E-state index contributed by atoms with van der Waals surface area (Å²) < 4.78 is 5.72. The number of fused-ring (bicyclic) bond motifs is 1. The van der Waals surface area contributed by atoms with E-state index < -0.39 is 0 Å². The number of likely N-dealkylation sites (N-methyl/N-ethyl adjacent to an activating group) is 1. The minimum absolute atomic E-state index is 0.137. The molecule has 2 aliphatic heterocycles. The van der Waals surface area contributed by atoms with Crippen LogP contribution in [-0.2, 0) is 17.7 Å². The van der Waals surface area contributed by atoms with Crippen molar-refractivity contribution in [3.63, 3.8) is 0 Å². The highest BCUT2D eigenvalue weighted by molar-refractivity contribution is 5.60. The normalized spacial score (nSPS) is 22.3. The van der Waals surface area contributed by atoms with E-state index in [1.807, 2.05) is 0 Å². The lowest BCUT2D eigenvalue weighted by Gasteiger charge is -2.24. The van der Waals surface area contributed by atoms with E-state index >= 15 is 0 Å². The molecular weight excluding hydrogens is 318 g/mol. The average molecular weight is 347 g/mol. The van der Waals surface area contributed by atoms with E-state index in [4.69, 9.17) is 9.84 Å². The Kier molecular flexibility index (Phi) is 6.08. The summed E-state index contributed by atoms with van der Waals surface area (Å²) in [6, 6.07) is 2.37. The van der Waals surface area contributed by atoms with Crippen LogP contribution in [0.2, 0.25) is 0 Å². The topological polar surface area (TPSA) is 95.9 Å². The first-order valence-corrected chi connectivity index (χ1v) is 9.25. The second-order valence-corrected chi connectivity index (χ2v) is 6.97. The van der Waals surface area contributed by atoms with E-state index in [0.29, 0.717) is 18.5 Å². The summed E-state index contributed by atoms with van der Waals surface area (Å²) in [7, 11) is 2.19. The molecule has 0 radical (unpaired) electrons. The minimum atomic E-state index is 0.137. The summed E-state index contributed by atoms with van der Waals surface area (Å²) >= 11 is 0. The Morgan fingerprint density at radius 1 is 1.36 bits per heavy atom. The summed E-state index contributed by atoms with van der Waals surface area (Å²) in [4.78, 5) is 4.85. The van der Waals surface area contributed by atoms with Gasteiger partial charge < -0.3 is 25.4 Å². The number of rotatable bonds is 7. The van der Waals surface area contributed by atoms with Crippen molar-refractivity contribution < 1.29 is 19.7 Å². The van der Waals surface area contributed by atoms with Crippen molar-refractivity contribution in [3.8, 4) is 6.07 Å². The third-order valence-electron chi connectivity index (χ3n) is 5.03. The number of nitriles is 1. The van der Waals surface area contributed by atoms with Crippen molar-refractivity contribution >= 4 is 11.6 Å². The molecule has 2 aliphatic rings. The maximum Gasteiger partial charge on any atom is 0.237 e. The molecule has 25 heavy (non-hydrogen) atoms. The highest BCUT2D eigenvalue weighted by atomic mass is 16.5. The smallest absolute Gasteiger partial charge is 0.237 e. The number of aliphatic hydroxyl groups is 1.